The van der Waals surface area contributed by atoms with E-state index in [9.17, 15) is 14.9 Å². The number of nitrogens with one attached hydrogen (secondary N) is 1. The van der Waals surface area contributed by atoms with Crippen LogP contribution in [-0.2, 0) is 9.53 Å². The molecular formula is C20H31N3O3. The van der Waals surface area contributed by atoms with E-state index in [0.717, 1.165) is 44.9 Å². The predicted octanol–water partition coefficient (Wildman–Crippen LogP) is 3.36. The summed E-state index contributed by atoms with van der Waals surface area (Å²) in [5, 5.41) is 12.4. The highest BCUT2D eigenvalue weighted by atomic mass is 16.6. The molecule has 144 valence electrons. The first-order chi connectivity index (χ1) is 12.2. The number of nitrogens with zero attached hydrogens (tertiary/aromatic N) is 2. The van der Waals surface area contributed by atoms with Gasteiger partial charge < -0.3 is 15.0 Å². The van der Waals surface area contributed by atoms with Gasteiger partial charge in [0.25, 0.3) is 0 Å². The lowest BCUT2D eigenvalue weighted by Crippen LogP contribution is -2.58. The van der Waals surface area contributed by atoms with Crippen LogP contribution in [0.25, 0.3) is 0 Å². The van der Waals surface area contributed by atoms with Crippen molar-refractivity contribution in [2.24, 2.45) is 11.3 Å². The fourth-order valence-electron chi connectivity index (χ4n) is 4.87. The molecule has 3 unspecified atom stereocenters. The van der Waals surface area contributed by atoms with Gasteiger partial charge in [0.1, 0.15) is 17.7 Å². The molecule has 3 rings (SSSR count). The second-order valence-corrected chi connectivity index (χ2v) is 9.19. The number of alkyl carbamates (subject to hydrolysis) is 1. The maximum Gasteiger partial charge on any atom is 0.408 e. The molecule has 6 heteroatoms. The third-order valence-electron chi connectivity index (χ3n) is 6.33. The van der Waals surface area contributed by atoms with Gasteiger partial charge in [0.15, 0.2) is 0 Å². The van der Waals surface area contributed by atoms with Crippen LogP contribution < -0.4 is 5.32 Å². The Kier molecular flexibility index (Phi) is 4.94. The van der Waals surface area contributed by atoms with E-state index >= 15 is 0 Å². The fourth-order valence-corrected chi connectivity index (χ4v) is 4.87. The number of carbonyl (C=O) groups is 2. The highest BCUT2D eigenvalue weighted by Gasteiger charge is 2.57. The molecule has 0 spiro atoms. The zero-order chi connectivity index (χ0) is 19.1. The van der Waals surface area contributed by atoms with Crippen molar-refractivity contribution in [3.05, 3.63) is 0 Å². The molecule has 3 aliphatic rings. The molecule has 2 aliphatic carbocycles. The van der Waals surface area contributed by atoms with E-state index in [0.29, 0.717) is 5.92 Å². The highest BCUT2D eigenvalue weighted by molar-refractivity contribution is 5.88. The molecule has 1 heterocycles. The summed E-state index contributed by atoms with van der Waals surface area (Å²) < 4.78 is 5.43. The number of hydrogen-bond acceptors (Lipinski definition) is 4. The maximum absolute atomic E-state index is 13.5. The second-order valence-electron chi connectivity index (χ2n) is 9.19. The highest BCUT2D eigenvalue weighted by Crippen LogP contribution is 2.50. The van der Waals surface area contributed by atoms with Crippen molar-refractivity contribution in [2.75, 3.05) is 0 Å². The summed E-state index contributed by atoms with van der Waals surface area (Å²) in [5.74, 6) is 0.378. The third-order valence-corrected chi connectivity index (χ3v) is 6.33. The molecule has 26 heavy (non-hydrogen) atoms. The van der Waals surface area contributed by atoms with Gasteiger partial charge in [-0.3, -0.25) is 4.79 Å². The number of fused-ring (bicyclic) bond motifs is 1. The molecule has 3 fully saturated rings. The number of nitriles is 1. The Hall–Kier alpha value is -1.77. The normalized spacial score (nSPS) is 30.3. The largest absolute Gasteiger partial charge is 0.444 e. The minimum Gasteiger partial charge on any atom is -0.444 e. The summed E-state index contributed by atoms with van der Waals surface area (Å²) in [7, 11) is 0. The summed E-state index contributed by atoms with van der Waals surface area (Å²) in [4.78, 5) is 27.8. The van der Waals surface area contributed by atoms with Crippen LogP contribution in [0.5, 0.6) is 0 Å². The van der Waals surface area contributed by atoms with Crippen LogP contribution in [0.1, 0.15) is 72.6 Å². The van der Waals surface area contributed by atoms with E-state index in [1.54, 1.807) is 4.90 Å². The van der Waals surface area contributed by atoms with Gasteiger partial charge in [0.05, 0.1) is 6.07 Å². The van der Waals surface area contributed by atoms with Gasteiger partial charge >= 0.3 is 6.09 Å². The van der Waals surface area contributed by atoms with Gasteiger partial charge in [-0.05, 0) is 64.2 Å². The molecule has 0 aromatic heterocycles. The molecule has 0 aromatic carbocycles. The molecular weight excluding hydrogens is 330 g/mol. The molecule has 0 aromatic rings. The third kappa shape index (κ3) is 3.54. The number of piperidine rings is 1. The van der Waals surface area contributed by atoms with E-state index in [2.05, 4.69) is 18.3 Å². The van der Waals surface area contributed by atoms with Gasteiger partial charge in [-0.2, -0.15) is 5.26 Å². The Morgan fingerprint density at radius 1 is 1.31 bits per heavy atom. The Bertz CT molecular complexity index is 613. The number of carbonyl (C=O) groups excluding carboxylic acids is 2. The van der Waals surface area contributed by atoms with Crippen LogP contribution in [0.2, 0.25) is 0 Å². The number of ether oxygens (including phenoxy) is 1. The van der Waals surface area contributed by atoms with Crippen LogP contribution in [0, 0.1) is 22.7 Å². The van der Waals surface area contributed by atoms with Crippen molar-refractivity contribution in [3.8, 4) is 6.07 Å². The molecule has 1 N–H and O–H groups in total. The van der Waals surface area contributed by atoms with Gasteiger partial charge in [0, 0.05) is 6.04 Å². The zero-order valence-electron chi connectivity index (χ0n) is 16.4. The predicted molar refractivity (Wildman–Crippen MR) is 97.1 cm³/mol. The van der Waals surface area contributed by atoms with Gasteiger partial charge in [-0.25, -0.2) is 4.79 Å². The Labute approximate surface area is 156 Å². The first-order valence-corrected chi connectivity index (χ1v) is 9.92. The van der Waals surface area contributed by atoms with Crippen LogP contribution >= 0.6 is 0 Å². The molecule has 1 saturated heterocycles. The van der Waals surface area contributed by atoms with Crippen LogP contribution in [0.4, 0.5) is 4.79 Å². The first kappa shape index (κ1) is 19.0. The van der Waals surface area contributed by atoms with Crippen molar-refractivity contribution >= 4 is 12.0 Å². The molecule has 4 atom stereocenters. The van der Waals surface area contributed by atoms with Crippen molar-refractivity contribution in [3.63, 3.8) is 0 Å². The Morgan fingerprint density at radius 3 is 2.50 bits per heavy atom. The zero-order valence-corrected chi connectivity index (χ0v) is 16.4. The molecule has 6 nitrogen and oxygen atoms in total. The van der Waals surface area contributed by atoms with Crippen molar-refractivity contribution in [1.82, 2.24) is 10.2 Å². The smallest absolute Gasteiger partial charge is 0.408 e. The molecule has 2 saturated carbocycles. The van der Waals surface area contributed by atoms with Crippen LogP contribution in [0.3, 0.4) is 0 Å². The minimum atomic E-state index is -0.614. The summed E-state index contributed by atoms with van der Waals surface area (Å²) in [5.41, 5.74) is -0.849. The van der Waals surface area contributed by atoms with E-state index in [-0.39, 0.29) is 23.4 Å². The summed E-state index contributed by atoms with van der Waals surface area (Å²) in [6.45, 7) is 7.54. The van der Waals surface area contributed by atoms with E-state index in [1.165, 1.54) is 0 Å². The lowest BCUT2D eigenvalue weighted by molar-refractivity contribution is -0.138. The lowest BCUT2D eigenvalue weighted by Gasteiger charge is -2.39. The quantitative estimate of drug-likeness (QED) is 0.832. The average molecular weight is 361 g/mol. The van der Waals surface area contributed by atoms with Crippen LogP contribution in [-0.4, -0.2) is 40.6 Å². The number of amides is 2. The van der Waals surface area contributed by atoms with Gasteiger partial charge in [-0.1, -0.05) is 19.8 Å². The number of hydrogen-bond donors (Lipinski definition) is 1. The average Bonchev–Trinajstić information content (AvgIpc) is 3.01. The number of likely N-dealkylation sites (tertiary alicyclic amines) is 1. The second kappa shape index (κ2) is 6.75. The number of rotatable bonds is 4. The lowest BCUT2D eigenvalue weighted by atomic mass is 9.75. The van der Waals surface area contributed by atoms with E-state index in [4.69, 9.17) is 4.74 Å². The SMILES string of the molecule is CCC1(C(NC(=O)OC(C)(C)C)C(=O)N2C(C#N)C[C@@H]3CC32)CCCC1. The molecule has 1 aliphatic heterocycles. The van der Waals surface area contributed by atoms with E-state index in [1.807, 2.05) is 20.8 Å². The van der Waals surface area contributed by atoms with E-state index < -0.39 is 17.7 Å². The van der Waals surface area contributed by atoms with Crippen molar-refractivity contribution < 1.29 is 14.3 Å². The van der Waals surface area contributed by atoms with Crippen molar-refractivity contribution in [2.45, 2.75) is 96.4 Å². The standard InChI is InChI=1S/C20H31N3O3/c1-5-20(8-6-7-9-20)16(22-18(25)26-19(2,3)4)17(24)23-14(12-21)10-13-11-15(13)23/h13-16H,5-11H2,1-4H3,(H,22,25)/t13-,14?,15?,16?/m1/s1. The minimum absolute atomic E-state index is 0.0869. The maximum atomic E-state index is 13.5. The topological polar surface area (TPSA) is 82.4 Å². The fraction of sp³-hybridized carbons (Fsp3) is 0.850. The summed E-state index contributed by atoms with van der Waals surface area (Å²) in [6, 6.07) is 1.50. The monoisotopic (exact) mass is 361 g/mol. The molecule has 0 radical (unpaired) electrons. The first-order valence-electron chi connectivity index (χ1n) is 9.92. The van der Waals surface area contributed by atoms with Gasteiger partial charge in [-0.15, -0.1) is 0 Å². The summed E-state index contributed by atoms with van der Waals surface area (Å²) >= 11 is 0. The Morgan fingerprint density at radius 2 is 1.96 bits per heavy atom. The summed E-state index contributed by atoms with van der Waals surface area (Å²) in [6.07, 6.45) is 6.04. The van der Waals surface area contributed by atoms with Crippen LogP contribution in [0.15, 0.2) is 0 Å². The molecule has 2 amide bonds. The van der Waals surface area contributed by atoms with Gasteiger partial charge in [0.2, 0.25) is 5.91 Å². The molecule has 0 bridgehead atoms. The van der Waals surface area contributed by atoms with Crippen molar-refractivity contribution in [1.29, 1.82) is 5.26 Å². The Balaban J connectivity index is 1.84.